The smallest absolute Gasteiger partial charge is 0.221 e. The minimum absolute atomic E-state index is 0.00895. The van der Waals surface area contributed by atoms with Crippen LogP contribution in [0.4, 0.5) is 4.39 Å². The molecule has 5 heteroatoms. The Labute approximate surface area is 118 Å². The van der Waals surface area contributed by atoms with E-state index in [-0.39, 0.29) is 17.3 Å². The molecule has 0 aliphatic heterocycles. The first-order valence-corrected chi connectivity index (χ1v) is 6.61. The van der Waals surface area contributed by atoms with E-state index in [0.717, 1.165) is 0 Å². The molecule has 2 N–H and O–H groups in total. The Balaban J connectivity index is 2.31. The van der Waals surface area contributed by atoms with E-state index in [1.807, 2.05) is 20.8 Å². The summed E-state index contributed by atoms with van der Waals surface area (Å²) >= 11 is 5.94. The van der Waals surface area contributed by atoms with E-state index in [1.54, 1.807) is 0 Å². The first-order chi connectivity index (χ1) is 8.78. The van der Waals surface area contributed by atoms with Gasteiger partial charge in [-0.1, -0.05) is 11.6 Å². The predicted octanol–water partition coefficient (Wildman–Crippen LogP) is 2.87. The quantitative estimate of drug-likeness (QED) is 0.817. The van der Waals surface area contributed by atoms with Gasteiger partial charge in [-0.05, 0) is 44.5 Å². The largest absolute Gasteiger partial charge is 0.351 e. The normalized spacial score (nSPS) is 11.4. The van der Waals surface area contributed by atoms with Gasteiger partial charge in [-0.3, -0.25) is 4.79 Å². The van der Waals surface area contributed by atoms with Crippen LogP contribution in [0.25, 0.3) is 0 Å². The van der Waals surface area contributed by atoms with Crippen LogP contribution in [0, 0.1) is 5.82 Å². The number of carbonyl (C=O) groups excluding carboxylic acids is 1. The molecule has 1 amide bonds. The number of rotatable bonds is 5. The van der Waals surface area contributed by atoms with Crippen molar-refractivity contribution in [3.63, 3.8) is 0 Å². The van der Waals surface area contributed by atoms with E-state index in [0.29, 0.717) is 30.1 Å². The second kappa shape index (κ2) is 6.87. The zero-order valence-corrected chi connectivity index (χ0v) is 12.3. The summed E-state index contributed by atoms with van der Waals surface area (Å²) in [6.45, 7) is 6.77. The summed E-state index contributed by atoms with van der Waals surface area (Å²) in [5, 5.41) is 6.47. The first kappa shape index (κ1) is 15.9. The molecule has 0 atom stereocenters. The highest BCUT2D eigenvalue weighted by atomic mass is 35.5. The third-order valence-electron chi connectivity index (χ3n) is 2.37. The van der Waals surface area contributed by atoms with Crippen LogP contribution in [-0.2, 0) is 11.3 Å². The molecule has 0 fully saturated rings. The highest BCUT2D eigenvalue weighted by Crippen LogP contribution is 2.16. The molecule has 0 unspecified atom stereocenters. The van der Waals surface area contributed by atoms with E-state index in [4.69, 9.17) is 11.6 Å². The van der Waals surface area contributed by atoms with Gasteiger partial charge in [0.1, 0.15) is 5.82 Å². The average molecular weight is 287 g/mol. The first-order valence-electron chi connectivity index (χ1n) is 6.23. The van der Waals surface area contributed by atoms with Crippen LogP contribution in [0.15, 0.2) is 18.2 Å². The van der Waals surface area contributed by atoms with Crippen LogP contribution in [-0.4, -0.2) is 18.0 Å². The van der Waals surface area contributed by atoms with Gasteiger partial charge in [-0.2, -0.15) is 0 Å². The predicted molar refractivity (Wildman–Crippen MR) is 75.6 cm³/mol. The third-order valence-corrected chi connectivity index (χ3v) is 2.74. The summed E-state index contributed by atoms with van der Waals surface area (Å²) in [6.07, 6.45) is 0.379. The molecule has 0 aliphatic carbocycles. The van der Waals surface area contributed by atoms with Crippen molar-refractivity contribution in [3.05, 3.63) is 34.6 Å². The van der Waals surface area contributed by atoms with Crippen molar-refractivity contribution in [2.24, 2.45) is 0 Å². The maximum atomic E-state index is 13.0. The maximum absolute atomic E-state index is 13.0. The molecule has 1 aromatic rings. The van der Waals surface area contributed by atoms with Crippen molar-refractivity contribution >= 4 is 17.5 Å². The summed E-state index contributed by atoms with van der Waals surface area (Å²) < 4.78 is 13.0. The summed E-state index contributed by atoms with van der Waals surface area (Å²) in [4.78, 5) is 11.6. The minimum Gasteiger partial charge on any atom is -0.351 e. The molecule has 3 nitrogen and oxygen atoms in total. The average Bonchev–Trinajstić information content (AvgIpc) is 2.26. The van der Waals surface area contributed by atoms with Gasteiger partial charge in [0, 0.05) is 30.1 Å². The number of hydrogen-bond donors (Lipinski definition) is 2. The van der Waals surface area contributed by atoms with Gasteiger partial charge in [0.25, 0.3) is 0 Å². The zero-order valence-electron chi connectivity index (χ0n) is 11.5. The monoisotopic (exact) mass is 286 g/mol. The van der Waals surface area contributed by atoms with Crippen molar-refractivity contribution in [1.29, 1.82) is 0 Å². The van der Waals surface area contributed by atoms with Gasteiger partial charge in [0.05, 0.1) is 0 Å². The second-order valence-corrected chi connectivity index (χ2v) is 5.87. The number of carbonyl (C=O) groups is 1. The number of hydrogen-bond acceptors (Lipinski definition) is 2. The minimum atomic E-state index is -0.313. The molecule has 0 saturated heterocycles. The SMILES string of the molecule is CC(C)(C)NC(=O)CCNCc1cc(F)ccc1Cl. The lowest BCUT2D eigenvalue weighted by atomic mass is 10.1. The van der Waals surface area contributed by atoms with E-state index >= 15 is 0 Å². The van der Waals surface area contributed by atoms with E-state index < -0.39 is 0 Å². The van der Waals surface area contributed by atoms with Crippen molar-refractivity contribution < 1.29 is 9.18 Å². The molecule has 19 heavy (non-hydrogen) atoms. The maximum Gasteiger partial charge on any atom is 0.221 e. The third kappa shape index (κ3) is 6.55. The molecule has 106 valence electrons. The number of amides is 1. The Bertz CT molecular complexity index is 444. The van der Waals surface area contributed by atoms with E-state index in [1.165, 1.54) is 18.2 Å². The van der Waals surface area contributed by atoms with Crippen molar-refractivity contribution in [2.45, 2.75) is 39.3 Å². The molecular weight excluding hydrogens is 267 g/mol. The van der Waals surface area contributed by atoms with Crippen LogP contribution in [0.5, 0.6) is 0 Å². The summed E-state index contributed by atoms with van der Waals surface area (Å²) in [5.41, 5.74) is 0.473. The molecule has 0 radical (unpaired) electrons. The lowest BCUT2D eigenvalue weighted by Crippen LogP contribution is -2.41. The molecule has 0 aliphatic rings. The van der Waals surface area contributed by atoms with Gasteiger partial charge in [0.15, 0.2) is 0 Å². The Morgan fingerprint density at radius 3 is 2.68 bits per heavy atom. The van der Waals surface area contributed by atoms with Crippen molar-refractivity contribution in [2.75, 3.05) is 6.54 Å². The molecule has 1 aromatic carbocycles. The summed E-state index contributed by atoms with van der Waals surface area (Å²) in [7, 11) is 0. The highest BCUT2D eigenvalue weighted by Gasteiger charge is 2.12. The Morgan fingerprint density at radius 1 is 1.37 bits per heavy atom. The molecule has 0 heterocycles. The Hall–Kier alpha value is -1.13. The standard InChI is InChI=1S/C14H20ClFN2O/c1-14(2,3)18-13(19)6-7-17-9-10-8-11(16)4-5-12(10)15/h4-5,8,17H,6-7,9H2,1-3H3,(H,18,19). The van der Waals surface area contributed by atoms with Crippen LogP contribution in [0.1, 0.15) is 32.8 Å². The van der Waals surface area contributed by atoms with Gasteiger partial charge in [-0.25, -0.2) is 4.39 Å². The molecule has 0 bridgehead atoms. The fraction of sp³-hybridized carbons (Fsp3) is 0.500. The van der Waals surface area contributed by atoms with Gasteiger partial charge in [0.2, 0.25) is 5.91 Å². The van der Waals surface area contributed by atoms with Crippen LogP contribution < -0.4 is 10.6 Å². The van der Waals surface area contributed by atoms with Crippen LogP contribution in [0.2, 0.25) is 5.02 Å². The van der Waals surface area contributed by atoms with Gasteiger partial charge >= 0.3 is 0 Å². The number of benzene rings is 1. The summed E-state index contributed by atoms with van der Waals surface area (Å²) in [6, 6.07) is 4.24. The Kier molecular flexibility index (Phi) is 5.76. The molecule has 0 saturated carbocycles. The van der Waals surface area contributed by atoms with E-state index in [2.05, 4.69) is 10.6 Å². The van der Waals surface area contributed by atoms with Crippen LogP contribution in [0.3, 0.4) is 0 Å². The molecule has 0 spiro atoms. The number of nitrogens with one attached hydrogen (secondary N) is 2. The second-order valence-electron chi connectivity index (χ2n) is 5.46. The topological polar surface area (TPSA) is 41.1 Å². The fourth-order valence-electron chi connectivity index (χ4n) is 1.58. The molecule has 0 aromatic heterocycles. The highest BCUT2D eigenvalue weighted by molar-refractivity contribution is 6.31. The molecule has 1 rings (SSSR count). The van der Waals surface area contributed by atoms with Crippen LogP contribution >= 0.6 is 11.6 Å². The van der Waals surface area contributed by atoms with E-state index in [9.17, 15) is 9.18 Å². The zero-order chi connectivity index (χ0) is 14.5. The lowest BCUT2D eigenvalue weighted by Gasteiger charge is -2.20. The lowest BCUT2D eigenvalue weighted by molar-refractivity contribution is -0.122. The number of halogens is 2. The fourth-order valence-corrected chi connectivity index (χ4v) is 1.77. The van der Waals surface area contributed by atoms with Gasteiger partial charge < -0.3 is 10.6 Å². The summed E-state index contributed by atoms with van der Waals surface area (Å²) in [5.74, 6) is -0.322. The molecular formula is C14H20ClFN2O. The Morgan fingerprint density at radius 2 is 2.05 bits per heavy atom. The van der Waals surface area contributed by atoms with Crippen molar-refractivity contribution in [3.8, 4) is 0 Å². The van der Waals surface area contributed by atoms with Crippen molar-refractivity contribution in [1.82, 2.24) is 10.6 Å². The van der Waals surface area contributed by atoms with Gasteiger partial charge in [-0.15, -0.1) is 0 Å².